The Morgan fingerprint density at radius 1 is 1.40 bits per heavy atom. The quantitative estimate of drug-likeness (QED) is 0.789. The lowest BCUT2D eigenvalue weighted by atomic mass is 10.2. The fourth-order valence-corrected chi connectivity index (χ4v) is 3.30. The van der Waals surface area contributed by atoms with Crippen LogP contribution in [-0.4, -0.2) is 22.6 Å². The average Bonchev–Trinajstić information content (AvgIpc) is 2.89. The Hall–Kier alpha value is -1.26. The third-order valence-electron chi connectivity index (χ3n) is 3.26. The first-order chi connectivity index (χ1) is 9.72. The minimum atomic E-state index is 0.339. The summed E-state index contributed by atoms with van der Waals surface area (Å²) in [6.45, 7) is 5.29. The van der Waals surface area contributed by atoms with Gasteiger partial charge in [0.05, 0.1) is 6.20 Å². The highest BCUT2D eigenvalue weighted by atomic mass is 32.2. The molecule has 1 unspecified atom stereocenters. The van der Waals surface area contributed by atoms with E-state index in [4.69, 9.17) is 0 Å². The van der Waals surface area contributed by atoms with Crippen LogP contribution in [0.25, 0.3) is 0 Å². The summed E-state index contributed by atoms with van der Waals surface area (Å²) in [5.41, 5.74) is 2.58. The SMILES string of the molecule is CCCn1cc(C(CSc2cccc(C)c2)NC)cn1. The lowest BCUT2D eigenvalue weighted by molar-refractivity contribution is 0.599. The molecule has 1 aromatic carbocycles. The van der Waals surface area contributed by atoms with Crippen LogP contribution in [0.15, 0.2) is 41.6 Å². The number of nitrogens with one attached hydrogen (secondary N) is 1. The molecule has 0 aliphatic carbocycles. The Morgan fingerprint density at radius 3 is 2.95 bits per heavy atom. The molecule has 0 aliphatic heterocycles. The third-order valence-corrected chi connectivity index (χ3v) is 4.35. The van der Waals surface area contributed by atoms with Crippen LogP contribution in [0.5, 0.6) is 0 Å². The van der Waals surface area contributed by atoms with Gasteiger partial charge in [-0.05, 0) is 32.5 Å². The molecule has 0 saturated carbocycles. The lowest BCUT2D eigenvalue weighted by Crippen LogP contribution is -2.18. The van der Waals surface area contributed by atoms with Gasteiger partial charge in [0.2, 0.25) is 0 Å². The molecule has 0 radical (unpaired) electrons. The summed E-state index contributed by atoms with van der Waals surface area (Å²) in [5.74, 6) is 1.01. The van der Waals surface area contributed by atoms with Crippen molar-refractivity contribution < 1.29 is 0 Å². The highest BCUT2D eigenvalue weighted by Crippen LogP contribution is 2.25. The van der Waals surface area contributed by atoms with Crippen molar-refractivity contribution in [2.24, 2.45) is 0 Å². The van der Waals surface area contributed by atoms with E-state index in [2.05, 4.69) is 54.7 Å². The Labute approximate surface area is 125 Å². The normalized spacial score (nSPS) is 12.6. The van der Waals surface area contributed by atoms with Crippen molar-refractivity contribution in [2.45, 2.75) is 37.8 Å². The number of hydrogen-bond acceptors (Lipinski definition) is 3. The maximum absolute atomic E-state index is 4.41. The molecule has 0 amide bonds. The molecule has 4 heteroatoms. The monoisotopic (exact) mass is 289 g/mol. The van der Waals surface area contributed by atoms with Crippen molar-refractivity contribution in [1.82, 2.24) is 15.1 Å². The summed E-state index contributed by atoms with van der Waals surface area (Å²) in [7, 11) is 2.01. The van der Waals surface area contributed by atoms with Gasteiger partial charge in [-0.25, -0.2) is 0 Å². The van der Waals surface area contributed by atoms with E-state index < -0.39 is 0 Å². The van der Waals surface area contributed by atoms with Crippen molar-refractivity contribution in [3.05, 3.63) is 47.8 Å². The molecule has 0 aliphatic rings. The Bertz CT molecular complexity index is 536. The molecule has 108 valence electrons. The largest absolute Gasteiger partial charge is 0.312 e. The maximum Gasteiger partial charge on any atom is 0.0537 e. The van der Waals surface area contributed by atoms with E-state index in [1.807, 2.05) is 29.7 Å². The summed E-state index contributed by atoms with van der Waals surface area (Å²) < 4.78 is 2.02. The fourth-order valence-electron chi connectivity index (χ4n) is 2.14. The molecular formula is C16H23N3S. The van der Waals surface area contributed by atoms with Crippen LogP contribution in [0.4, 0.5) is 0 Å². The maximum atomic E-state index is 4.41. The predicted octanol–water partition coefficient (Wildman–Crippen LogP) is 3.65. The van der Waals surface area contributed by atoms with Gasteiger partial charge in [-0.1, -0.05) is 24.6 Å². The summed E-state index contributed by atoms with van der Waals surface area (Å²) in [6, 6.07) is 8.99. The summed E-state index contributed by atoms with van der Waals surface area (Å²) >= 11 is 1.89. The Balaban J connectivity index is 1.97. The van der Waals surface area contributed by atoms with E-state index in [-0.39, 0.29) is 0 Å². The molecule has 20 heavy (non-hydrogen) atoms. The molecule has 0 bridgehead atoms. The molecule has 0 saturated heterocycles. The smallest absolute Gasteiger partial charge is 0.0537 e. The highest BCUT2D eigenvalue weighted by molar-refractivity contribution is 7.99. The number of hydrogen-bond donors (Lipinski definition) is 1. The van der Waals surface area contributed by atoms with Gasteiger partial charge in [0.25, 0.3) is 0 Å². The van der Waals surface area contributed by atoms with Crippen LogP contribution in [0.2, 0.25) is 0 Å². The summed E-state index contributed by atoms with van der Waals surface area (Å²) in [5, 5.41) is 7.80. The molecule has 1 aromatic heterocycles. The molecule has 2 rings (SSSR count). The first-order valence-corrected chi connectivity index (χ1v) is 8.10. The van der Waals surface area contributed by atoms with Gasteiger partial charge < -0.3 is 5.32 Å². The number of benzene rings is 1. The van der Waals surface area contributed by atoms with E-state index in [0.29, 0.717) is 6.04 Å². The standard InChI is InChI=1S/C16H23N3S/c1-4-8-19-11-14(10-18-19)16(17-3)12-20-15-7-5-6-13(2)9-15/h5-7,9-11,16-17H,4,8,12H2,1-3H3. The second-order valence-electron chi connectivity index (χ2n) is 5.01. The molecule has 0 spiro atoms. The minimum absolute atomic E-state index is 0.339. The number of thioether (sulfide) groups is 1. The van der Waals surface area contributed by atoms with Crippen LogP contribution in [0.1, 0.15) is 30.5 Å². The lowest BCUT2D eigenvalue weighted by Gasteiger charge is -2.14. The topological polar surface area (TPSA) is 29.9 Å². The van der Waals surface area contributed by atoms with Crippen LogP contribution >= 0.6 is 11.8 Å². The van der Waals surface area contributed by atoms with E-state index in [1.54, 1.807) is 0 Å². The number of rotatable bonds is 7. The second-order valence-corrected chi connectivity index (χ2v) is 6.10. The number of aromatic nitrogens is 2. The number of aryl methyl sites for hydroxylation is 2. The van der Waals surface area contributed by atoms with Crippen LogP contribution in [0.3, 0.4) is 0 Å². The van der Waals surface area contributed by atoms with Crippen molar-refractivity contribution in [3.8, 4) is 0 Å². The first-order valence-electron chi connectivity index (χ1n) is 7.12. The van der Waals surface area contributed by atoms with E-state index >= 15 is 0 Å². The zero-order valence-corrected chi connectivity index (χ0v) is 13.3. The predicted molar refractivity (Wildman–Crippen MR) is 86.2 cm³/mol. The van der Waals surface area contributed by atoms with Gasteiger partial charge in [0.15, 0.2) is 0 Å². The molecule has 2 aromatic rings. The van der Waals surface area contributed by atoms with Crippen LogP contribution in [-0.2, 0) is 6.54 Å². The molecular weight excluding hydrogens is 266 g/mol. The van der Waals surface area contributed by atoms with Gasteiger partial charge in [-0.3, -0.25) is 4.68 Å². The van der Waals surface area contributed by atoms with Crippen LogP contribution < -0.4 is 5.32 Å². The molecule has 1 N–H and O–H groups in total. The Kier molecular flexibility index (Phi) is 5.68. The minimum Gasteiger partial charge on any atom is -0.312 e. The van der Waals surface area contributed by atoms with Gasteiger partial charge in [-0.2, -0.15) is 5.10 Å². The third kappa shape index (κ3) is 4.12. The molecule has 1 heterocycles. The van der Waals surface area contributed by atoms with E-state index in [0.717, 1.165) is 18.7 Å². The van der Waals surface area contributed by atoms with Crippen LogP contribution in [0, 0.1) is 6.92 Å². The van der Waals surface area contributed by atoms with Crippen molar-refractivity contribution in [1.29, 1.82) is 0 Å². The molecule has 3 nitrogen and oxygen atoms in total. The van der Waals surface area contributed by atoms with Gasteiger partial charge in [-0.15, -0.1) is 11.8 Å². The molecule has 1 atom stereocenters. The van der Waals surface area contributed by atoms with Crippen molar-refractivity contribution in [2.75, 3.05) is 12.8 Å². The Morgan fingerprint density at radius 2 is 2.25 bits per heavy atom. The first kappa shape index (κ1) is 15.1. The van der Waals surface area contributed by atoms with E-state index in [1.165, 1.54) is 16.0 Å². The van der Waals surface area contributed by atoms with Crippen molar-refractivity contribution in [3.63, 3.8) is 0 Å². The fraction of sp³-hybridized carbons (Fsp3) is 0.438. The van der Waals surface area contributed by atoms with Gasteiger partial charge in [0, 0.05) is 35.0 Å². The van der Waals surface area contributed by atoms with Gasteiger partial charge in [0.1, 0.15) is 0 Å². The molecule has 0 fully saturated rings. The average molecular weight is 289 g/mol. The summed E-state index contributed by atoms with van der Waals surface area (Å²) in [6.07, 6.45) is 5.25. The zero-order chi connectivity index (χ0) is 14.4. The van der Waals surface area contributed by atoms with Crippen molar-refractivity contribution >= 4 is 11.8 Å². The van der Waals surface area contributed by atoms with E-state index in [9.17, 15) is 0 Å². The summed E-state index contributed by atoms with van der Waals surface area (Å²) in [4.78, 5) is 1.33. The number of nitrogens with zero attached hydrogens (tertiary/aromatic N) is 2. The highest BCUT2D eigenvalue weighted by Gasteiger charge is 2.12. The zero-order valence-electron chi connectivity index (χ0n) is 12.5. The van der Waals surface area contributed by atoms with Gasteiger partial charge >= 0.3 is 0 Å². The second kappa shape index (κ2) is 7.50.